The van der Waals surface area contributed by atoms with Crippen LogP contribution < -0.4 is 10.2 Å². The van der Waals surface area contributed by atoms with Gasteiger partial charge in [-0.3, -0.25) is 5.10 Å². The molecule has 206 valence electrons. The number of nitrogens with zero attached hydrogens (tertiary/aromatic N) is 5. The van der Waals surface area contributed by atoms with Crippen LogP contribution in [0.2, 0.25) is 0 Å². The fraction of sp³-hybridized carbons (Fsp3) is 0.517. The number of allylic oxidation sites excluding steroid dienone is 1. The number of fused-ring (bicyclic) bond motifs is 2. The maximum Gasteiger partial charge on any atom is 0.162 e. The Balaban J connectivity index is 1.45. The largest absolute Gasteiger partial charge is 0.381 e. The molecule has 3 N–H and O–H groups in total. The highest BCUT2D eigenvalue weighted by Gasteiger charge is 2.34. The van der Waals surface area contributed by atoms with Gasteiger partial charge in [-0.1, -0.05) is 17.7 Å². The zero-order valence-corrected chi connectivity index (χ0v) is 23.9. The summed E-state index contributed by atoms with van der Waals surface area (Å²) in [7, 11) is 3.69. The molecule has 0 amide bonds. The second-order valence-electron chi connectivity index (χ2n) is 11.1. The Morgan fingerprint density at radius 1 is 1.21 bits per heavy atom. The second kappa shape index (κ2) is 10.4. The van der Waals surface area contributed by atoms with Crippen molar-refractivity contribution in [3.05, 3.63) is 46.0 Å². The summed E-state index contributed by atoms with van der Waals surface area (Å²) in [6.07, 6.45) is 6.92. The lowest BCUT2D eigenvalue weighted by Crippen LogP contribution is -2.45. The van der Waals surface area contributed by atoms with E-state index in [2.05, 4.69) is 51.3 Å². The number of aromatic amines is 1. The summed E-state index contributed by atoms with van der Waals surface area (Å²) in [5.74, 6) is 2.85. The molecule has 6 rings (SSSR count). The SMILES string of the molecule is CN/C(=C(/Cl)C(=N)C1CC1)N1CCc2nc(-c3c(C)ccc4[nH]ncc34)nc(N3CCC(OC)CC3C)c2C1. The van der Waals surface area contributed by atoms with Crippen LogP contribution in [-0.4, -0.2) is 70.2 Å². The predicted octanol–water partition coefficient (Wildman–Crippen LogP) is 4.75. The molecule has 1 aliphatic carbocycles. The Bertz CT molecular complexity index is 1440. The van der Waals surface area contributed by atoms with Crippen molar-refractivity contribution in [1.82, 2.24) is 30.4 Å². The first-order chi connectivity index (χ1) is 18.9. The average Bonchev–Trinajstić information content (AvgIpc) is 3.69. The van der Waals surface area contributed by atoms with Crippen LogP contribution in [0.1, 0.15) is 49.4 Å². The zero-order chi connectivity index (χ0) is 27.3. The van der Waals surface area contributed by atoms with E-state index in [-0.39, 0.29) is 18.1 Å². The first-order valence-electron chi connectivity index (χ1n) is 13.9. The quantitative estimate of drug-likeness (QED) is 0.366. The molecule has 2 fully saturated rings. The molecule has 1 saturated carbocycles. The van der Waals surface area contributed by atoms with E-state index < -0.39 is 0 Å². The summed E-state index contributed by atoms with van der Waals surface area (Å²) >= 11 is 6.79. The molecule has 2 aliphatic heterocycles. The van der Waals surface area contributed by atoms with Crippen LogP contribution >= 0.6 is 11.6 Å². The monoisotopic (exact) mass is 548 g/mol. The van der Waals surface area contributed by atoms with E-state index in [0.717, 1.165) is 95.9 Å². The molecule has 10 heteroatoms. The molecule has 2 atom stereocenters. The van der Waals surface area contributed by atoms with Crippen LogP contribution in [0.5, 0.6) is 0 Å². The third-order valence-corrected chi connectivity index (χ3v) is 8.89. The lowest BCUT2D eigenvalue weighted by Gasteiger charge is -2.41. The molecule has 3 aliphatic rings. The number of aryl methyl sites for hydroxylation is 1. The number of piperidine rings is 1. The fourth-order valence-electron chi connectivity index (χ4n) is 6.10. The number of methoxy groups -OCH3 is 1. The summed E-state index contributed by atoms with van der Waals surface area (Å²) in [5, 5.41) is 20.8. The summed E-state index contributed by atoms with van der Waals surface area (Å²) < 4.78 is 5.72. The van der Waals surface area contributed by atoms with Crippen molar-refractivity contribution < 1.29 is 4.74 Å². The highest BCUT2D eigenvalue weighted by Crippen LogP contribution is 2.38. The summed E-state index contributed by atoms with van der Waals surface area (Å²) in [4.78, 5) is 15.2. The predicted molar refractivity (Wildman–Crippen MR) is 155 cm³/mol. The minimum Gasteiger partial charge on any atom is -0.381 e. The Kier molecular flexibility index (Phi) is 6.97. The van der Waals surface area contributed by atoms with Crippen molar-refractivity contribution >= 4 is 34.0 Å². The molecule has 0 spiro atoms. The fourth-order valence-corrected chi connectivity index (χ4v) is 6.47. The van der Waals surface area contributed by atoms with E-state index in [4.69, 9.17) is 31.7 Å². The average molecular weight is 549 g/mol. The highest BCUT2D eigenvalue weighted by atomic mass is 35.5. The van der Waals surface area contributed by atoms with Gasteiger partial charge in [0.05, 0.1) is 29.2 Å². The molecule has 1 aromatic carbocycles. The Morgan fingerprint density at radius 2 is 2.03 bits per heavy atom. The van der Waals surface area contributed by atoms with Crippen LogP contribution in [0.3, 0.4) is 0 Å². The van der Waals surface area contributed by atoms with Crippen molar-refractivity contribution in [2.45, 2.75) is 64.6 Å². The van der Waals surface area contributed by atoms with Gasteiger partial charge in [-0.25, -0.2) is 9.97 Å². The molecule has 39 heavy (non-hydrogen) atoms. The van der Waals surface area contributed by atoms with Crippen LogP contribution in [-0.2, 0) is 17.7 Å². The van der Waals surface area contributed by atoms with Crippen molar-refractivity contribution in [3.63, 3.8) is 0 Å². The molecule has 2 aromatic heterocycles. The van der Waals surface area contributed by atoms with E-state index in [9.17, 15) is 0 Å². The van der Waals surface area contributed by atoms with Gasteiger partial charge in [-0.15, -0.1) is 0 Å². The van der Waals surface area contributed by atoms with Crippen molar-refractivity contribution in [2.75, 3.05) is 32.1 Å². The summed E-state index contributed by atoms with van der Waals surface area (Å²) in [5.41, 5.74) is 5.90. The number of hydrogen-bond donors (Lipinski definition) is 3. The number of aromatic nitrogens is 4. The van der Waals surface area contributed by atoms with Gasteiger partial charge in [0, 0.05) is 68.7 Å². The Morgan fingerprint density at radius 3 is 2.74 bits per heavy atom. The van der Waals surface area contributed by atoms with Crippen LogP contribution in [0.4, 0.5) is 5.82 Å². The normalized spacial score (nSPS) is 22.1. The van der Waals surface area contributed by atoms with Gasteiger partial charge in [0.2, 0.25) is 0 Å². The third-order valence-electron chi connectivity index (χ3n) is 8.51. The van der Waals surface area contributed by atoms with E-state index >= 15 is 0 Å². The number of nitrogens with one attached hydrogen (secondary N) is 3. The Labute approximate surface area is 234 Å². The van der Waals surface area contributed by atoms with Crippen LogP contribution in [0, 0.1) is 18.3 Å². The van der Waals surface area contributed by atoms with E-state index in [1.807, 2.05) is 13.2 Å². The number of rotatable bonds is 7. The molecule has 2 unspecified atom stereocenters. The summed E-state index contributed by atoms with van der Waals surface area (Å²) in [6.45, 7) is 6.65. The van der Waals surface area contributed by atoms with E-state index in [0.29, 0.717) is 17.3 Å². The molecule has 1 saturated heterocycles. The number of hydrogen-bond acceptors (Lipinski definition) is 8. The Hall–Kier alpha value is -3.17. The van der Waals surface area contributed by atoms with Crippen molar-refractivity contribution in [3.8, 4) is 11.4 Å². The first kappa shape index (κ1) is 26.1. The van der Waals surface area contributed by atoms with Gasteiger partial charge >= 0.3 is 0 Å². The molecule has 0 bridgehead atoms. The van der Waals surface area contributed by atoms with E-state index in [1.54, 1.807) is 7.11 Å². The minimum absolute atomic E-state index is 0.262. The molecule has 3 aromatic rings. The molecule has 0 radical (unpaired) electrons. The van der Waals surface area contributed by atoms with Gasteiger partial charge in [-0.2, -0.15) is 5.10 Å². The highest BCUT2D eigenvalue weighted by molar-refractivity contribution is 6.43. The van der Waals surface area contributed by atoms with Gasteiger partial charge < -0.3 is 25.3 Å². The second-order valence-corrected chi connectivity index (χ2v) is 11.5. The maximum absolute atomic E-state index is 8.56. The standard InChI is InChI=1S/C29H37ClN8O/c1-16-5-8-23-20(14-33-36-23)24(16)27-34-22-10-11-37(29(32-3)25(30)26(31)18-6-7-18)15-21(22)28(35-27)38-12-9-19(39-4)13-17(38)2/h5,8,14,17-19,31-32H,6-7,9-13,15H2,1-4H3,(H,33,36)/b29-25-,31-26?. The number of anilines is 1. The number of H-pyrrole nitrogens is 1. The number of halogens is 1. The van der Waals surface area contributed by atoms with Crippen molar-refractivity contribution in [1.29, 1.82) is 5.41 Å². The first-order valence-corrected chi connectivity index (χ1v) is 14.3. The molecule has 4 heterocycles. The van der Waals surface area contributed by atoms with Crippen LogP contribution in [0.25, 0.3) is 22.3 Å². The third kappa shape index (κ3) is 4.76. The van der Waals surface area contributed by atoms with Gasteiger partial charge in [0.25, 0.3) is 0 Å². The van der Waals surface area contributed by atoms with Gasteiger partial charge in [0.15, 0.2) is 5.82 Å². The van der Waals surface area contributed by atoms with Crippen molar-refractivity contribution in [2.24, 2.45) is 5.92 Å². The molecular formula is C29H37ClN8O. The topological polar surface area (TPSA) is 106 Å². The molecule has 9 nitrogen and oxygen atoms in total. The van der Waals surface area contributed by atoms with Gasteiger partial charge in [0.1, 0.15) is 16.7 Å². The lowest BCUT2D eigenvalue weighted by atomic mass is 9.97. The molecular weight excluding hydrogens is 512 g/mol. The maximum atomic E-state index is 8.56. The number of benzene rings is 1. The van der Waals surface area contributed by atoms with Gasteiger partial charge in [-0.05, 0) is 51.2 Å². The van der Waals surface area contributed by atoms with Crippen LogP contribution in [0.15, 0.2) is 29.2 Å². The lowest BCUT2D eigenvalue weighted by molar-refractivity contribution is 0.0718. The number of ether oxygens (including phenoxy) is 1. The zero-order valence-electron chi connectivity index (χ0n) is 23.1. The summed E-state index contributed by atoms with van der Waals surface area (Å²) in [6, 6.07) is 4.45. The smallest absolute Gasteiger partial charge is 0.162 e. The van der Waals surface area contributed by atoms with E-state index in [1.165, 1.54) is 0 Å². The minimum atomic E-state index is 0.262.